The Morgan fingerprint density at radius 2 is 1.93 bits per heavy atom. The molecule has 0 aliphatic heterocycles. The normalized spacial score (nSPS) is 20.5. The number of ether oxygens (including phenoxy) is 2. The van der Waals surface area contributed by atoms with Crippen molar-refractivity contribution in [2.45, 2.75) is 64.1 Å². The summed E-state index contributed by atoms with van der Waals surface area (Å²) in [6.07, 6.45) is 5.60. The fourth-order valence-corrected chi connectivity index (χ4v) is 3.65. The summed E-state index contributed by atoms with van der Waals surface area (Å²) >= 11 is 0. The van der Waals surface area contributed by atoms with Gasteiger partial charge in [0.25, 0.3) is 0 Å². The van der Waals surface area contributed by atoms with Crippen LogP contribution in [0.15, 0.2) is 18.3 Å². The topological polar surface area (TPSA) is 82.6 Å². The largest absolute Gasteiger partial charge is 0.495 e. The van der Waals surface area contributed by atoms with E-state index in [4.69, 9.17) is 20.3 Å². The van der Waals surface area contributed by atoms with Crippen LogP contribution in [0, 0.1) is 0 Å². The zero-order chi connectivity index (χ0) is 19.8. The minimum absolute atomic E-state index is 0.205. The van der Waals surface area contributed by atoms with E-state index in [0.717, 1.165) is 36.6 Å². The second-order valence-corrected chi connectivity index (χ2v) is 8.32. The number of carbonyl (C=O) groups excluding carboxylic acids is 1. The highest BCUT2D eigenvalue weighted by molar-refractivity contribution is 5.84. The van der Waals surface area contributed by atoms with Gasteiger partial charge in [0, 0.05) is 30.7 Å². The fourth-order valence-electron chi connectivity index (χ4n) is 3.65. The molecule has 0 bridgehead atoms. The smallest absolute Gasteiger partial charge is 0.410 e. The summed E-state index contributed by atoms with van der Waals surface area (Å²) in [6, 6.07) is 4.31. The molecule has 27 heavy (non-hydrogen) atoms. The third kappa shape index (κ3) is 4.28. The molecule has 1 fully saturated rings. The molecule has 1 saturated carbocycles. The molecule has 0 spiro atoms. The van der Waals surface area contributed by atoms with E-state index >= 15 is 0 Å². The lowest BCUT2D eigenvalue weighted by molar-refractivity contribution is 0.0173. The van der Waals surface area contributed by atoms with Crippen molar-refractivity contribution in [2.75, 3.05) is 19.9 Å². The Hall–Kier alpha value is -2.44. The Morgan fingerprint density at radius 1 is 1.26 bits per heavy atom. The van der Waals surface area contributed by atoms with Gasteiger partial charge < -0.3 is 20.1 Å². The number of hydrogen-bond donors (Lipinski definition) is 1. The molecule has 0 radical (unpaired) electrons. The van der Waals surface area contributed by atoms with Crippen LogP contribution in [0.5, 0.6) is 5.75 Å². The summed E-state index contributed by atoms with van der Waals surface area (Å²) < 4.78 is 12.8. The van der Waals surface area contributed by atoms with Gasteiger partial charge in [0.15, 0.2) is 0 Å². The van der Waals surface area contributed by atoms with E-state index in [-0.39, 0.29) is 12.1 Å². The summed E-state index contributed by atoms with van der Waals surface area (Å²) in [5.74, 6) is 0.649. The van der Waals surface area contributed by atoms with Crippen LogP contribution >= 0.6 is 0 Å². The van der Waals surface area contributed by atoms with Crippen molar-refractivity contribution in [3.63, 3.8) is 0 Å². The number of methoxy groups -OCH3 is 1. The maximum atomic E-state index is 12.3. The molecule has 2 N–H and O–H groups in total. The molecule has 2 aromatic rings. The zero-order valence-corrected chi connectivity index (χ0v) is 16.9. The molecule has 3 rings (SSSR count). The lowest BCUT2D eigenvalue weighted by atomic mass is 9.90. The molecule has 0 unspecified atom stereocenters. The van der Waals surface area contributed by atoms with E-state index in [0.29, 0.717) is 17.5 Å². The second kappa shape index (κ2) is 7.29. The highest BCUT2D eigenvalue weighted by Gasteiger charge is 2.30. The first-order valence-electron chi connectivity index (χ1n) is 9.46. The molecule has 148 valence electrons. The van der Waals surface area contributed by atoms with E-state index in [1.165, 1.54) is 0 Å². The summed E-state index contributed by atoms with van der Waals surface area (Å²) in [4.78, 5) is 14.0. The van der Waals surface area contributed by atoms with Gasteiger partial charge in [-0.1, -0.05) is 0 Å². The van der Waals surface area contributed by atoms with Gasteiger partial charge in [-0.25, -0.2) is 4.79 Å². The molecule has 1 aromatic carbocycles. The number of anilines is 1. The van der Waals surface area contributed by atoms with Crippen LogP contribution in [0.25, 0.3) is 10.9 Å². The zero-order valence-electron chi connectivity index (χ0n) is 16.9. The first-order chi connectivity index (χ1) is 12.7. The van der Waals surface area contributed by atoms with Crippen LogP contribution in [0.4, 0.5) is 10.5 Å². The van der Waals surface area contributed by atoms with Gasteiger partial charge in [-0.2, -0.15) is 5.10 Å². The van der Waals surface area contributed by atoms with Gasteiger partial charge >= 0.3 is 6.09 Å². The minimum atomic E-state index is -0.472. The average molecular weight is 374 g/mol. The first-order valence-corrected chi connectivity index (χ1v) is 9.46. The Labute approximate surface area is 160 Å². The molecule has 7 nitrogen and oxygen atoms in total. The molecular weight excluding hydrogens is 344 g/mol. The molecule has 0 saturated heterocycles. The standard InChI is InChI=1S/C20H30N4O3/c1-20(2,3)27-19(25)23(4)14-6-8-15(9-7-14)24-12-13-10-16(21)18(26-5)11-17(13)22-24/h10-12,14-15H,6-9,21H2,1-5H3/t14-,15-. The number of nitrogens with zero attached hydrogens (tertiary/aromatic N) is 3. The summed E-state index contributed by atoms with van der Waals surface area (Å²) in [6.45, 7) is 5.67. The van der Waals surface area contributed by atoms with E-state index in [9.17, 15) is 4.79 Å². The molecule has 1 aromatic heterocycles. The number of nitrogens with two attached hydrogens (primary N) is 1. The van der Waals surface area contributed by atoms with Crippen molar-refractivity contribution in [1.82, 2.24) is 14.7 Å². The van der Waals surface area contributed by atoms with Crippen molar-refractivity contribution < 1.29 is 14.3 Å². The molecule has 1 aliphatic rings. The minimum Gasteiger partial charge on any atom is -0.495 e. The van der Waals surface area contributed by atoms with Gasteiger partial charge in [0.05, 0.1) is 24.4 Å². The third-order valence-electron chi connectivity index (χ3n) is 5.14. The predicted molar refractivity (Wildman–Crippen MR) is 106 cm³/mol. The number of carbonyl (C=O) groups is 1. The van der Waals surface area contributed by atoms with Crippen LogP contribution in [0.2, 0.25) is 0 Å². The Morgan fingerprint density at radius 3 is 2.52 bits per heavy atom. The molecular formula is C20H30N4O3. The van der Waals surface area contributed by atoms with Gasteiger partial charge in [-0.15, -0.1) is 0 Å². The number of amides is 1. The lowest BCUT2D eigenvalue weighted by Crippen LogP contribution is -2.42. The van der Waals surface area contributed by atoms with Crippen LogP contribution < -0.4 is 10.5 Å². The van der Waals surface area contributed by atoms with Crippen LogP contribution in [0.3, 0.4) is 0 Å². The maximum absolute atomic E-state index is 12.3. The first kappa shape index (κ1) is 19.3. The Bertz CT molecular complexity index is 816. The Balaban J connectivity index is 1.65. The SMILES string of the molecule is COc1cc2nn([C@H]3CC[C@H](N(C)C(=O)OC(C)(C)C)CC3)cc2cc1N. The number of aromatic nitrogens is 2. The third-order valence-corrected chi connectivity index (χ3v) is 5.14. The quantitative estimate of drug-likeness (QED) is 0.822. The van der Waals surface area contributed by atoms with E-state index in [1.54, 1.807) is 12.0 Å². The van der Waals surface area contributed by atoms with Crippen molar-refractivity contribution in [2.24, 2.45) is 0 Å². The average Bonchev–Trinajstić information content (AvgIpc) is 3.01. The number of hydrogen-bond acceptors (Lipinski definition) is 5. The summed E-state index contributed by atoms with van der Waals surface area (Å²) in [5, 5.41) is 5.73. The number of nitrogen functional groups attached to an aromatic ring is 1. The lowest BCUT2D eigenvalue weighted by Gasteiger charge is -2.35. The van der Waals surface area contributed by atoms with Crippen LogP contribution in [0.1, 0.15) is 52.5 Å². The summed E-state index contributed by atoms with van der Waals surface area (Å²) in [7, 11) is 3.44. The van der Waals surface area contributed by atoms with Crippen molar-refractivity contribution in [1.29, 1.82) is 0 Å². The van der Waals surface area contributed by atoms with Gasteiger partial charge in [-0.05, 0) is 52.5 Å². The van der Waals surface area contributed by atoms with E-state index < -0.39 is 5.60 Å². The van der Waals surface area contributed by atoms with E-state index in [1.807, 2.05) is 50.8 Å². The number of fused-ring (bicyclic) bond motifs is 1. The van der Waals surface area contributed by atoms with Gasteiger partial charge in [0.1, 0.15) is 11.4 Å². The molecule has 1 amide bonds. The number of rotatable bonds is 3. The maximum Gasteiger partial charge on any atom is 0.410 e. The van der Waals surface area contributed by atoms with Crippen molar-refractivity contribution >= 4 is 22.7 Å². The second-order valence-electron chi connectivity index (χ2n) is 8.32. The van der Waals surface area contributed by atoms with Crippen LogP contribution in [-0.4, -0.2) is 46.6 Å². The molecule has 1 heterocycles. The highest BCUT2D eigenvalue weighted by atomic mass is 16.6. The molecule has 1 aliphatic carbocycles. The van der Waals surface area contributed by atoms with Gasteiger partial charge in [0.2, 0.25) is 0 Å². The molecule has 7 heteroatoms. The Kier molecular flexibility index (Phi) is 5.22. The van der Waals surface area contributed by atoms with Crippen molar-refractivity contribution in [3.8, 4) is 5.75 Å². The number of benzene rings is 1. The monoisotopic (exact) mass is 374 g/mol. The molecule has 0 atom stereocenters. The fraction of sp³-hybridized carbons (Fsp3) is 0.600. The summed E-state index contributed by atoms with van der Waals surface area (Å²) in [5.41, 5.74) is 7.03. The van der Waals surface area contributed by atoms with E-state index in [2.05, 4.69) is 0 Å². The predicted octanol–water partition coefficient (Wildman–Crippen LogP) is 3.98. The highest BCUT2D eigenvalue weighted by Crippen LogP contribution is 2.33. The van der Waals surface area contributed by atoms with Crippen molar-refractivity contribution in [3.05, 3.63) is 18.3 Å². The van der Waals surface area contributed by atoms with Crippen LogP contribution in [-0.2, 0) is 4.74 Å². The van der Waals surface area contributed by atoms with Gasteiger partial charge in [-0.3, -0.25) is 4.68 Å².